The van der Waals surface area contributed by atoms with Crippen LogP contribution in [0, 0.1) is 6.92 Å². The van der Waals surface area contributed by atoms with Crippen LogP contribution >= 0.6 is 0 Å². The maximum Gasteiger partial charge on any atom is 0.104 e. The number of hydrogen-bond donors (Lipinski definition) is 1. The molecule has 0 radical (unpaired) electrons. The summed E-state index contributed by atoms with van der Waals surface area (Å²) in [6, 6.07) is 8.47. The van der Waals surface area contributed by atoms with Crippen molar-refractivity contribution in [2.24, 2.45) is 5.73 Å². The van der Waals surface area contributed by atoms with Crippen LogP contribution in [0.4, 0.5) is 0 Å². The Morgan fingerprint density at radius 2 is 1.78 bits per heavy atom. The molecule has 0 saturated carbocycles. The number of nitrogens with zero attached hydrogens (tertiary/aromatic N) is 3. The lowest BCUT2D eigenvalue weighted by atomic mass is 10.1. The zero-order chi connectivity index (χ0) is 16.5. The molecule has 124 valence electrons. The Morgan fingerprint density at radius 1 is 1.04 bits per heavy atom. The van der Waals surface area contributed by atoms with Crippen molar-refractivity contribution in [2.75, 3.05) is 0 Å². The molecule has 0 aliphatic carbocycles. The summed E-state index contributed by atoms with van der Waals surface area (Å²) in [5, 5.41) is 8.48. The molecule has 0 atom stereocenters. The molecule has 0 fully saturated rings. The molecule has 2 N–H and O–H groups in total. The van der Waals surface area contributed by atoms with Crippen molar-refractivity contribution in [3.63, 3.8) is 0 Å². The molecule has 1 aromatic heterocycles. The third-order valence-electron chi connectivity index (χ3n) is 4.02. The fourth-order valence-electron chi connectivity index (χ4n) is 2.57. The van der Waals surface area contributed by atoms with Crippen LogP contribution < -0.4 is 5.73 Å². The Morgan fingerprint density at radius 3 is 2.48 bits per heavy atom. The molecule has 0 bridgehead atoms. The van der Waals surface area contributed by atoms with Gasteiger partial charge in [0.1, 0.15) is 5.69 Å². The van der Waals surface area contributed by atoms with Crippen molar-refractivity contribution < 1.29 is 0 Å². The fraction of sp³-hybridized carbons (Fsp3) is 0.474. The summed E-state index contributed by atoms with van der Waals surface area (Å²) in [6.07, 6.45) is 10.4. The third-order valence-corrected chi connectivity index (χ3v) is 4.02. The largest absolute Gasteiger partial charge is 0.325 e. The molecule has 4 nitrogen and oxygen atoms in total. The van der Waals surface area contributed by atoms with E-state index in [1.165, 1.54) is 36.8 Å². The summed E-state index contributed by atoms with van der Waals surface area (Å²) in [4.78, 5) is 0. The first-order valence-corrected chi connectivity index (χ1v) is 8.61. The van der Waals surface area contributed by atoms with Crippen LogP contribution in [0.2, 0.25) is 0 Å². The second kappa shape index (κ2) is 9.26. The molecular weight excluding hydrogens is 284 g/mol. The Bertz CT molecular complexity index is 611. The highest BCUT2D eigenvalue weighted by Gasteiger charge is 2.08. The van der Waals surface area contributed by atoms with Crippen molar-refractivity contribution >= 4 is 12.2 Å². The van der Waals surface area contributed by atoms with Gasteiger partial charge in [-0.25, -0.2) is 4.68 Å². The van der Waals surface area contributed by atoms with E-state index in [4.69, 9.17) is 5.73 Å². The number of hydrogen-bond acceptors (Lipinski definition) is 3. The molecule has 0 unspecified atom stereocenters. The lowest BCUT2D eigenvalue weighted by molar-refractivity contribution is 0.518. The van der Waals surface area contributed by atoms with Crippen molar-refractivity contribution in [3.05, 3.63) is 46.8 Å². The van der Waals surface area contributed by atoms with Crippen LogP contribution in [0.15, 0.2) is 24.3 Å². The van der Waals surface area contributed by atoms with E-state index in [0.29, 0.717) is 6.54 Å². The van der Waals surface area contributed by atoms with Gasteiger partial charge in [0.2, 0.25) is 0 Å². The van der Waals surface area contributed by atoms with Gasteiger partial charge in [-0.15, -0.1) is 5.10 Å². The Labute approximate surface area is 139 Å². The van der Waals surface area contributed by atoms with Crippen LogP contribution in [-0.2, 0) is 13.1 Å². The predicted octanol–water partition coefficient (Wildman–Crippen LogP) is 4.19. The number of aromatic nitrogens is 3. The second-order valence-corrected chi connectivity index (χ2v) is 6.01. The average Bonchev–Trinajstić information content (AvgIpc) is 2.96. The molecule has 2 aromatic rings. The lowest BCUT2D eigenvalue weighted by Crippen LogP contribution is -2.04. The van der Waals surface area contributed by atoms with Crippen molar-refractivity contribution in [1.82, 2.24) is 15.0 Å². The van der Waals surface area contributed by atoms with Crippen LogP contribution in [0.3, 0.4) is 0 Å². The van der Waals surface area contributed by atoms with Crippen LogP contribution in [-0.4, -0.2) is 15.0 Å². The molecule has 1 heterocycles. The summed E-state index contributed by atoms with van der Waals surface area (Å²) in [5.74, 6) is 0. The van der Waals surface area contributed by atoms with Crippen molar-refractivity contribution in [3.8, 4) is 0 Å². The second-order valence-electron chi connectivity index (χ2n) is 6.01. The topological polar surface area (TPSA) is 56.7 Å². The highest BCUT2D eigenvalue weighted by atomic mass is 15.4. The van der Waals surface area contributed by atoms with Crippen LogP contribution in [0.1, 0.15) is 61.5 Å². The highest BCUT2D eigenvalue weighted by molar-refractivity contribution is 5.69. The van der Waals surface area contributed by atoms with E-state index in [1.807, 2.05) is 4.68 Å². The summed E-state index contributed by atoms with van der Waals surface area (Å²) in [5.41, 5.74) is 10.1. The minimum absolute atomic E-state index is 0.420. The fourth-order valence-corrected chi connectivity index (χ4v) is 2.57. The molecule has 0 spiro atoms. The van der Waals surface area contributed by atoms with Gasteiger partial charge < -0.3 is 5.73 Å². The van der Waals surface area contributed by atoms with Gasteiger partial charge in [-0.2, -0.15) is 0 Å². The van der Waals surface area contributed by atoms with Gasteiger partial charge in [-0.3, -0.25) is 0 Å². The first-order chi connectivity index (χ1) is 11.2. The van der Waals surface area contributed by atoms with Crippen LogP contribution in [0.25, 0.3) is 12.2 Å². The molecule has 0 aliphatic heterocycles. The maximum absolute atomic E-state index is 5.80. The summed E-state index contributed by atoms with van der Waals surface area (Å²) in [7, 11) is 0. The Kier molecular flexibility index (Phi) is 7.01. The van der Waals surface area contributed by atoms with E-state index >= 15 is 0 Å². The van der Waals surface area contributed by atoms with Gasteiger partial charge in [0, 0.05) is 13.1 Å². The predicted molar refractivity (Wildman–Crippen MR) is 96.8 cm³/mol. The summed E-state index contributed by atoms with van der Waals surface area (Å²) < 4.78 is 1.98. The van der Waals surface area contributed by atoms with E-state index < -0.39 is 0 Å². The van der Waals surface area contributed by atoms with E-state index in [1.54, 1.807) is 0 Å². The van der Waals surface area contributed by atoms with E-state index in [0.717, 1.165) is 24.4 Å². The molecular formula is C19H28N4. The Balaban J connectivity index is 2.04. The smallest absolute Gasteiger partial charge is 0.104 e. The molecule has 4 heteroatoms. The molecule has 2 rings (SSSR count). The van der Waals surface area contributed by atoms with Gasteiger partial charge in [0.15, 0.2) is 0 Å². The SMILES string of the molecule is CCCCCCCn1nnc(CN)c1/C=C/c1ccc(C)cc1. The average molecular weight is 312 g/mol. The standard InChI is InChI=1S/C19H28N4/c1-3-4-5-6-7-14-23-19(18(15-20)21-22-23)13-12-17-10-8-16(2)9-11-17/h8-13H,3-7,14-15,20H2,1-2H3/b13-12+. The first kappa shape index (κ1) is 17.4. The zero-order valence-corrected chi connectivity index (χ0v) is 14.3. The lowest BCUT2D eigenvalue weighted by Gasteiger charge is -2.04. The molecule has 23 heavy (non-hydrogen) atoms. The third kappa shape index (κ3) is 5.32. The first-order valence-electron chi connectivity index (χ1n) is 8.61. The number of aryl methyl sites for hydroxylation is 2. The normalized spacial score (nSPS) is 11.4. The quantitative estimate of drug-likeness (QED) is 0.706. The van der Waals surface area contributed by atoms with E-state index in [9.17, 15) is 0 Å². The van der Waals surface area contributed by atoms with Crippen LogP contribution in [0.5, 0.6) is 0 Å². The minimum atomic E-state index is 0.420. The number of benzene rings is 1. The zero-order valence-electron chi connectivity index (χ0n) is 14.3. The summed E-state index contributed by atoms with van der Waals surface area (Å²) >= 11 is 0. The molecule has 0 aliphatic rings. The molecule has 1 aromatic carbocycles. The monoisotopic (exact) mass is 312 g/mol. The van der Waals surface area contributed by atoms with Crippen molar-refractivity contribution in [2.45, 2.75) is 59.0 Å². The van der Waals surface area contributed by atoms with Gasteiger partial charge in [-0.05, 0) is 25.0 Å². The number of rotatable bonds is 9. The molecule has 0 amide bonds. The number of nitrogens with two attached hydrogens (primary N) is 1. The van der Waals surface area contributed by atoms with E-state index in [2.05, 4.69) is 60.6 Å². The van der Waals surface area contributed by atoms with E-state index in [-0.39, 0.29) is 0 Å². The molecule has 0 saturated heterocycles. The number of unbranched alkanes of at least 4 members (excludes halogenated alkanes) is 4. The van der Waals surface area contributed by atoms with Gasteiger partial charge >= 0.3 is 0 Å². The van der Waals surface area contributed by atoms with Crippen molar-refractivity contribution in [1.29, 1.82) is 0 Å². The minimum Gasteiger partial charge on any atom is -0.325 e. The highest BCUT2D eigenvalue weighted by Crippen LogP contribution is 2.13. The van der Waals surface area contributed by atoms with Gasteiger partial charge in [-0.1, -0.05) is 73.7 Å². The van der Waals surface area contributed by atoms with Gasteiger partial charge in [0.05, 0.1) is 5.69 Å². The Hall–Kier alpha value is -1.94. The van der Waals surface area contributed by atoms with Gasteiger partial charge in [0.25, 0.3) is 0 Å². The maximum atomic E-state index is 5.80. The summed E-state index contributed by atoms with van der Waals surface area (Å²) in [6.45, 7) is 5.66.